The van der Waals surface area contributed by atoms with E-state index in [4.69, 9.17) is 0 Å². The van der Waals surface area contributed by atoms with Crippen LogP contribution in [0.1, 0.15) is 44.9 Å². The molecule has 2 fully saturated rings. The first-order valence-electron chi connectivity index (χ1n) is 8.12. The largest absolute Gasteiger partial charge is 0.316 e. The maximum absolute atomic E-state index is 12.1. The van der Waals surface area contributed by atoms with Gasteiger partial charge in [0.1, 0.15) is 5.78 Å². The zero-order valence-electron chi connectivity index (χ0n) is 13.0. The Balaban J connectivity index is 1.71. The quantitative estimate of drug-likeness (QED) is 0.804. The summed E-state index contributed by atoms with van der Waals surface area (Å²) >= 11 is 0. The monoisotopic (exact) mass is 316 g/mol. The highest BCUT2D eigenvalue weighted by atomic mass is 32.2. The molecule has 0 aromatic rings. The van der Waals surface area contributed by atoms with Crippen LogP contribution in [0, 0.1) is 11.8 Å². The van der Waals surface area contributed by atoms with E-state index in [2.05, 4.69) is 5.32 Å². The van der Waals surface area contributed by atoms with Crippen LogP contribution in [0.25, 0.3) is 0 Å². The Labute approximate surface area is 128 Å². The van der Waals surface area contributed by atoms with E-state index in [1.165, 1.54) is 23.4 Å². The van der Waals surface area contributed by atoms with Crippen molar-refractivity contribution in [3.8, 4) is 0 Å². The summed E-state index contributed by atoms with van der Waals surface area (Å²) in [5, 5.41) is 3.38. The van der Waals surface area contributed by atoms with Crippen molar-refractivity contribution < 1.29 is 13.2 Å². The van der Waals surface area contributed by atoms with Crippen LogP contribution in [0.4, 0.5) is 0 Å². The Morgan fingerprint density at radius 2 is 2.00 bits per heavy atom. The van der Waals surface area contributed by atoms with Crippen molar-refractivity contribution in [2.24, 2.45) is 11.8 Å². The van der Waals surface area contributed by atoms with Crippen molar-refractivity contribution in [3.05, 3.63) is 0 Å². The minimum absolute atomic E-state index is 0.213. The van der Waals surface area contributed by atoms with Gasteiger partial charge in [-0.25, -0.2) is 12.7 Å². The van der Waals surface area contributed by atoms with Gasteiger partial charge in [0.05, 0.1) is 6.26 Å². The molecule has 0 radical (unpaired) electrons. The molecular weight excluding hydrogens is 288 g/mol. The lowest BCUT2D eigenvalue weighted by atomic mass is 9.89. The van der Waals surface area contributed by atoms with E-state index in [1.54, 1.807) is 0 Å². The van der Waals surface area contributed by atoms with Crippen molar-refractivity contribution in [1.29, 1.82) is 0 Å². The first-order chi connectivity index (χ1) is 9.95. The SMILES string of the molecule is CS(=O)(=O)N1CCCC(CC(=O)CCC2CCCNC2)C1. The maximum atomic E-state index is 12.1. The van der Waals surface area contributed by atoms with Crippen LogP contribution in [-0.2, 0) is 14.8 Å². The minimum atomic E-state index is -3.11. The van der Waals surface area contributed by atoms with E-state index in [0.29, 0.717) is 37.6 Å². The van der Waals surface area contributed by atoms with Gasteiger partial charge in [0.15, 0.2) is 0 Å². The lowest BCUT2D eigenvalue weighted by Crippen LogP contribution is -2.39. The van der Waals surface area contributed by atoms with Crippen molar-refractivity contribution in [3.63, 3.8) is 0 Å². The second kappa shape index (κ2) is 7.70. The molecule has 2 aliphatic rings. The summed E-state index contributed by atoms with van der Waals surface area (Å²) < 4.78 is 24.7. The number of carbonyl (C=O) groups is 1. The summed E-state index contributed by atoms with van der Waals surface area (Å²) in [5.41, 5.74) is 0. The number of nitrogens with zero attached hydrogens (tertiary/aromatic N) is 1. The number of hydrogen-bond donors (Lipinski definition) is 1. The van der Waals surface area contributed by atoms with E-state index in [9.17, 15) is 13.2 Å². The highest BCUT2D eigenvalue weighted by molar-refractivity contribution is 7.88. The molecule has 0 amide bonds. The third-order valence-corrected chi connectivity index (χ3v) is 5.97. The fourth-order valence-corrected chi connectivity index (χ4v) is 4.40. The van der Waals surface area contributed by atoms with Crippen LogP contribution < -0.4 is 5.32 Å². The molecule has 0 aliphatic carbocycles. The fraction of sp³-hybridized carbons (Fsp3) is 0.933. The van der Waals surface area contributed by atoms with Gasteiger partial charge < -0.3 is 5.32 Å². The molecule has 0 bridgehead atoms. The summed E-state index contributed by atoms with van der Waals surface area (Å²) in [6.45, 7) is 3.28. The van der Waals surface area contributed by atoms with Gasteiger partial charge >= 0.3 is 0 Å². The molecule has 0 saturated carbocycles. The fourth-order valence-electron chi connectivity index (χ4n) is 3.45. The number of hydrogen-bond acceptors (Lipinski definition) is 4. The van der Waals surface area contributed by atoms with Crippen LogP contribution in [-0.4, -0.2) is 50.9 Å². The molecule has 2 unspecified atom stereocenters. The Kier molecular flexibility index (Phi) is 6.20. The Bertz CT molecular complexity index is 444. The Morgan fingerprint density at radius 1 is 1.24 bits per heavy atom. The van der Waals surface area contributed by atoms with Crippen molar-refractivity contribution >= 4 is 15.8 Å². The highest BCUT2D eigenvalue weighted by Crippen LogP contribution is 2.23. The lowest BCUT2D eigenvalue weighted by molar-refractivity contribution is -0.120. The Hall–Kier alpha value is -0.460. The van der Waals surface area contributed by atoms with Gasteiger partial charge in [-0.05, 0) is 57.0 Å². The average molecular weight is 316 g/mol. The molecular formula is C15H28N2O3S. The summed E-state index contributed by atoms with van der Waals surface area (Å²) in [7, 11) is -3.11. The minimum Gasteiger partial charge on any atom is -0.316 e. The highest BCUT2D eigenvalue weighted by Gasteiger charge is 2.27. The molecule has 1 N–H and O–H groups in total. The van der Waals surface area contributed by atoms with E-state index in [-0.39, 0.29) is 5.92 Å². The molecule has 0 aromatic heterocycles. The first-order valence-corrected chi connectivity index (χ1v) is 9.97. The van der Waals surface area contributed by atoms with E-state index in [1.807, 2.05) is 0 Å². The lowest BCUT2D eigenvalue weighted by Gasteiger charge is -2.30. The Morgan fingerprint density at radius 3 is 2.67 bits per heavy atom. The van der Waals surface area contributed by atoms with Crippen LogP contribution in [0.3, 0.4) is 0 Å². The number of rotatable bonds is 6. The summed E-state index contributed by atoms with van der Waals surface area (Å²) in [6, 6.07) is 0. The number of piperidine rings is 2. The number of nitrogens with one attached hydrogen (secondary N) is 1. The summed E-state index contributed by atoms with van der Waals surface area (Å²) in [6.07, 6.45) is 7.73. The second-order valence-corrected chi connectivity index (χ2v) is 8.61. The van der Waals surface area contributed by atoms with Gasteiger partial charge in [-0.3, -0.25) is 4.79 Å². The standard InChI is InChI=1S/C15H28N2O3S/c1-21(19,20)17-9-3-5-14(12-17)10-15(18)7-6-13-4-2-8-16-11-13/h13-14,16H,2-12H2,1H3. The summed E-state index contributed by atoms with van der Waals surface area (Å²) in [5.74, 6) is 1.16. The van der Waals surface area contributed by atoms with E-state index in [0.717, 1.165) is 32.4 Å². The predicted octanol–water partition coefficient (Wildman–Crippen LogP) is 1.40. The van der Waals surface area contributed by atoms with Gasteiger partial charge in [0.25, 0.3) is 0 Å². The zero-order chi connectivity index (χ0) is 15.3. The van der Waals surface area contributed by atoms with Crippen LogP contribution in [0.5, 0.6) is 0 Å². The van der Waals surface area contributed by atoms with Crippen molar-refractivity contribution in [2.75, 3.05) is 32.4 Å². The topological polar surface area (TPSA) is 66.5 Å². The second-order valence-electron chi connectivity index (χ2n) is 6.62. The summed E-state index contributed by atoms with van der Waals surface area (Å²) in [4.78, 5) is 12.1. The number of Topliss-reactive ketones (excluding diaryl/α,β-unsaturated/α-hetero) is 1. The van der Waals surface area contributed by atoms with Gasteiger partial charge in [-0.2, -0.15) is 0 Å². The average Bonchev–Trinajstić information content (AvgIpc) is 2.46. The molecule has 2 heterocycles. The van der Waals surface area contributed by atoms with Crippen LogP contribution in [0.15, 0.2) is 0 Å². The van der Waals surface area contributed by atoms with Crippen LogP contribution >= 0.6 is 0 Å². The third kappa shape index (κ3) is 5.68. The van der Waals surface area contributed by atoms with Gasteiger partial charge in [-0.1, -0.05) is 0 Å². The van der Waals surface area contributed by atoms with Crippen molar-refractivity contribution in [2.45, 2.75) is 44.9 Å². The molecule has 21 heavy (non-hydrogen) atoms. The molecule has 2 aliphatic heterocycles. The molecule has 2 atom stereocenters. The number of sulfonamides is 1. The number of carbonyl (C=O) groups excluding carboxylic acids is 1. The molecule has 0 spiro atoms. The normalized spacial score (nSPS) is 28.4. The first kappa shape index (κ1) is 16.9. The molecule has 6 heteroatoms. The third-order valence-electron chi connectivity index (χ3n) is 4.70. The van der Waals surface area contributed by atoms with Gasteiger partial charge in [0.2, 0.25) is 10.0 Å². The van der Waals surface area contributed by atoms with Crippen LogP contribution in [0.2, 0.25) is 0 Å². The van der Waals surface area contributed by atoms with Gasteiger partial charge in [-0.15, -0.1) is 0 Å². The predicted molar refractivity (Wildman–Crippen MR) is 83.6 cm³/mol. The molecule has 122 valence electrons. The molecule has 5 nitrogen and oxygen atoms in total. The zero-order valence-corrected chi connectivity index (χ0v) is 13.8. The van der Waals surface area contributed by atoms with E-state index < -0.39 is 10.0 Å². The molecule has 2 saturated heterocycles. The van der Waals surface area contributed by atoms with Crippen molar-refractivity contribution in [1.82, 2.24) is 9.62 Å². The number of ketones is 1. The molecule has 2 rings (SSSR count). The van der Waals surface area contributed by atoms with E-state index >= 15 is 0 Å². The van der Waals surface area contributed by atoms with Gasteiger partial charge in [0, 0.05) is 25.9 Å². The maximum Gasteiger partial charge on any atom is 0.211 e. The smallest absolute Gasteiger partial charge is 0.211 e. The molecule has 0 aromatic carbocycles.